The van der Waals surface area contributed by atoms with Gasteiger partial charge in [0.1, 0.15) is 5.75 Å². The zero-order valence-electron chi connectivity index (χ0n) is 14.3. The molecule has 0 aliphatic rings. The number of carbonyl (C=O) groups excluding carboxylic acids is 1. The Morgan fingerprint density at radius 1 is 1.26 bits per heavy atom. The van der Waals surface area contributed by atoms with Gasteiger partial charge in [0.05, 0.1) is 9.95 Å². The number of rotatable bonds is 5. The van der Waals surface area contributed by atoms with Crippen LogP contribution in [0.25, 0.3) is 0 Å². The monoisotopic (exact) mass is 427 g/mol. The van der Waals surface area contributed by atoms with E-state index in [0.29, 0.717) is 22.0 Å². The molecule has 0 aliphatic heterocycles. The van der Waals surface area contributed by atoms with E-state index in [1.165, 1.54) is 24.3 Å². The number of nitro groups is 1. The maximum absolute atomic E-state index is 12.2. The van der Waals surface area contributed by atoms with E-state index >= 15 is 0 Å². The second-order valence-corrected chi connectivity index (χ2v) is 6.79. The lowest BCUT2D eigenvalue weighted by Crippen LogP contribution is -2.42. The molecule has 0 fully saturated rings. The average molecular weight is 428 g/mol. The van der Waals surface area contributed by atoms with Gasteiger partial charge in [-0.05, 0) is 55.9 Å². The van der Waals surface area contributed by atoms with Crippen molar-refractivity contribution in [1.29, 1.82) is 0 Å². The van der Waals surface area contributed by atoms with Gasteiger partial charge < -0.3 is 10.1 Å². The summed E-state index contributed by atoms with van der Waals surface area (Å²) in [5.74, 6) is -0.174. The molecule has 1 amide bonds. The molecule has 10 heteroatoms. The highest BCUT2D eigenvalue weighted by atomic mass is 35.5. The van der Waals surface area contributed by atoms with E-state index in [0.717, 1.165) is 0 Å². The molecule has 0 saturated heterocycles. The van der Waals surface area contributed by atoms with Crippen molar-refractivity contribution in [3.05, 3.63) is 62.1 Å². The lowest BCUT2D eigenvalue weighted by atomic mass is 10.2. The maximum atomic E-state index is 12.2. The molecule has 0 spiro atoms. The zero-order chi connectivity index (χ0) is 20.1. The Balaban J connectivity index is 1.96. The third-order valence-electron chi connectivity index (χ3n) is 3.47. The number of nitrogens with zero attached hydrogens (tertiary/aromatic N) is 1. The Labute approximate surface area is 170 Å². The molecule has 1 unspecified atom stereocenters. The molecule has 0 bridgehead atoms. The van der Waals surface area contributed by atoms with Crippen LogP contribution in [-0.2, 0) is 4.79 Å². The molecule has 2 rings (SSSR count). The summed E-state index contributed by atoms with van der Waals surface area (Å²) in [6.45, 7) is 3.23. The number of halogens is 2. The predicted molar refractivity (Wildman–Crippen MR) is 109 cm³/mol. The van der Waals surface area contributed by atoms with Crippen LogP contribution in [0.1, 0.15) is 12.5 Å². The van der Waals surface area contributed by atoms with Crippen LogP contribution < -0.4 is 15.4 Å². The molecular weight excluding hydrogens is 413 g/mol. The van der Waals surface area contributed by atoms with Gasteiger partial charge in [-0.1, -0.05) is 23.2 Å². The fourth-order valence-electron chi connectivity index (χ4n) is 2.08. The number of hydrogen-bond donors (Lipinski definition) is 2. The van der Waals surface area contributed by atoms with Crippen LogP contribution in [0.2, 0.25) is 10.0 Å². The Morgan fingerprint density at radius 3 is 2.56 bits per heavy atom. The van der Waals surface area contributed by atoms with Crippen molar-refractivity contribution in [2.24, 2.45) is 0 Å². The zero-order valence-corrected chi connectivity index (χ0v) is 16.6. The van der Waals surface area contributed by atoms with Crippen LogP contribution >= 0.6 is 35.4 Å². The van der Waals surface area contributed by atoms with Crippen LogP contribution in [0, 0.1) is 17.0 Å². The molecule has 2 aromatic rings. The van der Waals surface area contributed by atoms with Crippen molar-refractivity contribution in [1.82, 2.24) is 5.32 Å². The molecule has 1 atom stereocenters. The summed E-state index contributed by atoms with van der Waals surface area (Å²) in [5.41, 5.74) is 1.12. The molecule has 0 aliphatic carbocycles. The first-order valence-corrected chi connectivity index (χ1v) is 8.82. The molecule has 2 N–H and O–H groups in total. The number of amides is 1. The predicted octanol–water partition coefficient (Wildman–Crippen LogP) is 4.49. The summed E-state index contributed by atoms with van der Waals surface area (Å²) >= 11 is 16.9. The lowest BCUT2D eigenvalue weighted by molar-refractivity contribution is -0.384. The van der Waals surface area contributed by atoms with E-state index in [1.807, 2.05) is 0 Å². The van der Waals surface area contributed by atoms with Gasteiger partial charge in [0, 0.05) is 22.8 Å². The average Bonchev–Trinajstić information content (AvgIpc) is 2.58. The van der Waals surface area contributed by atoms with Gasteiger partial charge in [-0.25, -0.2) is 0 Å². The smallest absolute Gasteiger partial charge is 0.269 e. The largest absolute Gasteiger partial charge is 0.479 e. The van der Waals surface area contributed by atoms with Gasteiger partial charge in [0.2, 0.25) is 0 Å². The number of non-ortho nitro benzene ring substituents is 1. The molecule has 142 valence electrons. The normalized spacial score (nSPS) is 11.4. The highest BCUT2D eigenvalue weighted by Gasteiger charge is 2.18. The number of anilines is 1. The Bertz CT molecular complexity index is 908. The Hall–Kier alpha value is -2.42. The number of aryl methyl sites for hydroxylation is 1. The lowest BCUT2D eigenvalue weighted by Gasteiger charge is -2.17. The van der Waals surface area contributed by atoms with Crippen LogP contribution in [0.3, 0.4) is 0 Å². The van der Waals surface area contributed by atoms with E-state index in [1.54, 1.807) is 26.0 Å². The van der Waals surface area contributed by atoms with E-state index in [2.05, 4.69) is 10.6 Å². The van der Waals surface area contributed by atoms with Crippen molar-refractivity contribution < 1.29 is 14.5 Å². The molecule has 0 saturated carbocycles. The molecular formula is C17H15Cl2N3O4S. The minimum Gasteiger partial charge on any atom is -0.479 e. The van der Waals surface area contributed by atoms with Crippen molar-refractivity contribution in [3.63, 3.8) is 0 Å². The van der Waals surface area contributed by atoms with Crippen LogP contribution in [0.4, 0.5) is 11.4 Å². The molecule has 27 heavy (non-hydrogen) atoms. The minimum absolute atomic E-state index is 0.0325. The van der Waals surface area contributed by atoms with Crippen molar-refractivity contribution >= 4 is 57.8 Å². The van der Waals surface area contributed by atoms with Gasteiger partial charge in [0.15, 0.2) is 11.2 Å². The topological polar surface area (TPSA) is 93.5 Å². The molecule has 2 aromatic carbocycles. The first kappa shape index (κ1) is 20.9. The summed E-state index contributed by atoms with van der Waals surface area (Å²) in [6, 6.07) is 8.92. The summed E-state index contributed by atoms with van der Waals surface area (Å²) in [4.78, 5) is 22.5. The van der Waals surface area contributed by atoms with Crippen molar-refractivity contribution in [2.45, 2.75) is 20.0 Å². The first-order valence-electron chi connectivity index (χ1n) is 7.66. The summed E-state index contributed by atoms with van der Waals surface area (Å²) in [5, 5.41) is 16.9. The van der Waals surface area contributed by atoms with E-state index < -0.39 is 16.9 Å². The number of hydrogen-bond acceptors (Lipinski definition) is 5. The second kappa shape index (κ2) is 8.98. The molecule has 0 heterocycles. The molecule has 0 radical (unpaired) electrons. The number of thiocarbonyl (C=S) groups is 1. The van der Waals surface area contributed by atoms with Crippen molar-refractivity contribution in [2.75, 3.05) is 5.32 Å². The summed E-state index contributed by atoms with van der Waals surface area (Å²) in [6.07, 6.45) is -0.874. The number of nitro benzene ring substituents is 1. The van der Waals surface area contributed by atoms with Crippen molar-refractivity contribution in [3.8, 4) is 5.75 Å². The van der Waals surface area contributed by atoms with Gasteiger partial charge in [-0.15, -0.1) is 0 Å². The maximum Gasteiger partial charge on any atom is 0.269 e. The molecule has 0 aromatic heterocycles. The fourth-order valence-corrected chi connectivity index (χ4v) is 2.75. The first-order chi connectivity index (χ1) is 12.7. The van der Waals surface area contributed by atoms with Crippen LogP contribution in [-0.4, -0.2) is 22.0 Å². The van der Waals surface area contributed by atoms with E-state index in [4.69, 9.17) is 40.2 Å². The standard InChI is InChI=1S/C17H15Cl2N3O4S/c1-9-7-12(22(24)25)4-5-14(9)20-17(27)21-16(23)10(2)26-15-6-3-11(18)8-13(15)19/h3-8,10H,1-2H3,(H2,20,21,23,27). The minimum atomic E-state index is -0.874. The quantitative estimate of drug-likeness (QED) is 0.414. The van der Waals surface area contributed by atoms with Crippen LogP contribution in [0.5, 0.6) is 5.75 Å². The van der Waals surface area contributed by atoms with Gasteiger partial charge in [-0.3, -0.25) is 20.2 Å². The number of benzene rings is 2. The SMILES string of the molecule is Cc1cc([N+](=O)[O-])ccc1NC(=S)NC(=O)C(C)Oc1ccc(Cl)cc1Cl. The number of carbonyl (C=O) groups is 1. The van der Waals surface area contributed by atoms with Crippen LogP contribution in [0.15, 0.2) is 36.4 Å². The Kier molecular flexibility index (Phi) is 6.95. The highest BCUT2D eigenvalue weighted by Crippen LogP contribution is 2.28. The number of nitrogens with one attached hydrogen (secondary N) is 2. The van der Waals surface area contributed by atoms with Gasteiger partial charge in [0.25, 0.3) is 11.6 Å². The number of ether oxygens (including phenoxy) is 1. The molecule has 7 nitrogen and oxygen atoms in total. The van der Waals surface area contributed by atoms with Gasteiger partial charge in [-0.2, -0.15) is 0 Å². The third kappa shape index (κ3) is 5.78. The third-order valence-corrected chi connectivity index (χ3v) is 4.21. The van der Waals surface area contributed by atoms with E-state index in [9.17, 15) is 14.9 Å². The summed E-state index contributed by atoms with van der Waals surface area (Å²) in [7, 11) is 0. The second-order valence-electron chi connectivity index (χ2n) is 5.53. The fraction of sp³-hybridized carbons (Fsp3) is 0.176. The Morgan fingerprint density at radius 2 is 1.96 bits per heavy atom. The highest BCUT2D eigenvalue weighted by molar-refractivity contribution is 7.80. The van der Waals surface area contributed by atoms with E-state index in [-0.39, 0.29) is 15.8 Å². The van der Waals surface area contributed by atoms with Gasteiger partial charge >= 0.3 is 0 Å². The summed E-state index contributed by atoms with van der Waals surface area (Å²) < 4.78 is 5.51.